The van der Waals surface area contributed by atoms with Gasteiger partial charge in [-0.25, -0.2) is 18.4 Å². The molecule has 0 aliphatic carbocycles. The maximum Gasteiger partial charge on any atom is 0.343 e. The van der Waals surface area contributed by atoms with Gasteiger partial charge >= 0.3 is 23.9 Å². The van der Waals surface area contributed by atoms with Gasteiger partial charge in [0.25, 0.3) is 0 Å². The number of ether oxygens (including phenoxy) is 4. The molecular formula is C36H32F2O8. The minimum atomic E-state index is -0.625. The average Bonchev–Trinajstić information content (AvgIpc) is 3.04. The first-order chi connectivity index (χ1) is 22.2. The van der Waals surface area contributed by atoms with Crippen LogP contribution < -0.4 is 18.9 Å². The lowest BCUT2D eigenvalue weighted by Gasteiger charge is -2.07. The third-order valence-electron chi connectivity index (χ3n) is 6.70. The summed E-state index contributed by atoms with van der Waals surface area (Å²) in [6, 6.07) is 22.2. The number of carbonyl (C=O) groups is 4. The Balaban J connectivity index is 1.02. The molecule has 4 aromatic rings. The fourth-order valence-electron chi connectivity index (χ4n) is 4.27. The van der Waals surface area contributed by atoms with E-state index in [0.29, 0.717) is 24.3 Å². The summed E-state index contributed by atoms with van der Waals surface area (Å²) in [4.78, 5) is 48.6. The average molecular weight is 631 g/mol. The van der Waals surface area contributed by atoms with E-state index in [-0.39, 0.29) is 47.4 Å². The van der Waals surface area contributed by atoms with E-state index >= 15 is 0 Å². The van der Waals surface area contributed by atoms with E-state index in [1.54, 1.807) is 0 Å². The van der Waals surface area contributed by atoms with Crippen LogP contribution in [-0.2, 0) is 9.59 Å². The molecule has 0 fully saturated rings. The number of benzene rings is 4. The molecule has 238 valence electrons. The molecule has 10 heteroatoms. The topological polar surface area (TPSA) is 105 Å². The summed E-state index contributed by atoms with van der Waals surface area (Å²) in [6.45, 7) is 0. The summed E-state index contributed by atoms with van der Waals surface area (Å²) in [5.41, 5.74) is 0.429. The van der Waals surface area contributed by atoms with E-state index in [1.807, 2.05) is 0 Å². The van der Waals surface area contributed by atoms with Crippen molar-refractivity contribution >= 4 is 23.9 Å². The fraction of sp³-hybridized carbons (Fsp3) is 0.222. The van der Waals surface area contributed by atoms with Gasteiger partial charge in [-0.05, 0) is 110 Å². The molecule has 0 bridgehead atoms. The van der Waals surface area contributed by atoms with Crippen molar-refractivity contribution in [2.45, 2.75) is 51.4 Å². The number of rotatable bonds is 15. The van der Waals surface area contributed by atoms with Crippen LogP contribution in [0.25, 0.3) is 0 Å². The molecule has 4 aromatic carbocycles. The van der Waals surface area contributed by atoms with Gasteiger partial charge in [-0.15, -0.1) is 0 Å². The van der Waals surface area contributed by atoms with Crippen LogP contribution in [0.3, 0.4) is 0 Å². The van der Waals surface area contributed by atoms with Gasteiger partial charge in [-0.3, -0.25) is 9.59 Å². The Morgan fingerprint density at radius 3 is 1.00 bits per heavy atom. The Labute approximate surface area is 264 Å². The highest BCUT2D eigenvalue weighted by Gasteiger charge is 2.12. The predicted octanol–water partition coefficient (Wildman–Crippen LogP) is 8.04. The molecule has 0 atom stereocenters. The minimum Gasteiger partial charge on any atom is -0.427 e. The molecule has 0 aromatic heterocycles. The normalized spacial score (nSPS) is 10.6. The van der Waals surface area contributed by atoms with Gasteiger partial charge in [-0.1, -0.05) is 25.7 Å². The molecule has 0 saturated heterocycles. The number of unbranched alkanes of at least 4 members (excludes halogenated alkanes) is 5. The van der Waals surface area contributed by atoms with E-state index in [4.69, 9.17) is 18.9 Å². The van der Waals surface area contributed by atoms with Crippen molar-refractivity contribution in [3.05, 3.63) is 120 Å². The zero-order valence-corrected chi connectivity index (χ0v) is 24.9. The van der Waals surface area contributed by atoms with Crippen molar-refractivity contribution < 1.29 is 46.9 Å². The first-order valence-corrected chi connectivity index (χ1v) is 14.8. The molecule has 0 radical (unpaired) electrons. The van der Waals surface area contributed by atoms with E-state index in [1.165, 1.54) is 97.1 Å². The first-order valence-electron chi connectivity index (χ1n) is 14.8. The molecular weight excluding hydrogens is 598 g/mol. The molecule has 0 aliphatic heterocycles. The third-order valence-corrected chi connectivity index (χ3v) is 6.70. The smallest absolute Gasteiger partial charge is 0.343 e. The lowest BCUT2D eigenvalue weighted by Crippen LogP contribution is -2.09. The zero-order chi connectivity index (χ0) is 32.7. The van der Waals surface area contributed by atoms with Crippen molar-refractivity contribution in [3.63, 3.8) is 0 Å². The van der Waals surface area contributed by atoms with Crippen molar-refractivity contribution in [3.8, 4) is 23.0 Å². The number of halogens is 2. The SMILES string of the molecule is O=C(CCCCCCCCC(=O)Oc1ccc(OC(=O)c2ccc(F)cc2)cc1)Oc1ccc(OC(=O)c2ccc(F)cc2)cc1. The Hall–Kier alpha value is -5.38. The van der Waals surface area contributed by atoms with Gasteiger partial charge in [0, 0.05) is 12.8 Å². The van der Waals surface area contributed by atoms with Crippen LogP contribution in [0, 0.1) is 11.6 Å². The van der Waals surface area contributed by atoms with Crippen LogP contribution in [0.1, 0.15) is 72.1 Å². The van der Waals surface area contributed by atoms with Crippen LogP contribution in [0.15, 0.2) is 97.1 Å². The molecule has 0 unspecified atom stereocenters. The standard InChI is InChI=1S/C36H32F2O8/c37-27-13-9-25(10-14-27)35(41)45-31-21-17-29(18-22-31)43-33(39)7-5-3-1-2-4-6-8-34(40)44-30-19-23-32(24-20-30)46-36(42)26-11-15-28(38)16-12-26/h9-24H,1-8H2. The highest BCUT2D eigenvalue weighted by molar-refractivity contribution is 5.91. The number of carbonyl (C=O) groups excluding carboxylic acids is 4. The van der Waals surface area contributed by atoms with Crippen LogP contribution in [0.5, 0.6) is 23.0 Å². The van der Waals surface area contributed by atoms with Gasteiger partial charge in [-0.2, -0.15) is 0 Å². The third kappa shape index (κ3) is 11.3. The van der Waals surface area contributed by atoms with Crippen molar-refractivity contribution in [1.82, 2.24) is 0 Å². The molecule has 0 saturated carbocycles. The Kier molecular flexibility index (Phi) is 12.5. The van der Waals surface area contributed by atoms with Crippen molar-refractivity contribution in [2.75, 3.05) is 0 Å². The van der Waals surface area contributed by atoms with E-state index < -0.39 is 23.6 Å². The van der Waals surface area contributed by atoms with E-state index in [2.05, 4.69) is 0 Å². The number of hydrogen-bond acceptors (Lipinski definition) is 8. The predicted molar refractivity (Wildman–Crippen MR) is 164 cm³/mol. The molecule has 0 aliphatic rings. The number of hydrogen-bond donors (Lipinski definition) is 0. The molecule has 0 heterocycles. The molecule has 0 amide bonds. The Morgan fingerprint density at radius 1 is 0.391 bits per heavy atom. The fourth-order valence-corrected chi connectivity index (χ4v) is 4.27. The van der Waals surface area contributed by atoms with E-state index in [9.17, 15) is 28.0 Å². The molecule has 0 spiro atoms. The van der Waals surface area contributed by atoms with Crippen LogP contribution in [0.4, 0.5) is 8.78 Å². The highest BCUT2D eigenvalue weighted by Crippen LogP contribution is 2.21. The monoisotopic (exact) mass is 630 g/mol. The Morgan fingerprint density at radius 2 is 0.674 bits per heavy atom. The molecule has 0 N–H and O–H groups in total. The second kappa shape index (κ2) is 17.2. The summed E-state index contributed by atoms with van der Waals surface area (Å²) >= 11 is 0. The summed E-state index contributed by atoms with van der Waals surface area (Å²) in [7, 11) is 0. The first kappa shape index (κ1) is 33.5. The lowest BCUT2D eigenvalue weighted by molar-refractivity contribution is -0.135. The van der Waals surface area contributed by atoms with Crippen molar-refractivity contribution in [2.24, 2.45) is 0 Å². The molecule has 4 rings (SSSR count). The molecule has 8 nitrogen and oxygen atoms in total. The van der Waals surface area contributed by atoms with Gasteiger partial charge < -0.3 is 18.9 Å². The minimum absolute atomic E-state index is 0.215. The van der Waals surface area contributed by atoms with Gasteiger partial charge in [0.05, 0.1) is 11.1 Å². The maximum absolute atomic E-state index is 13.0. The summed E-state index contributed by atoms with van der Waals surface area (Å²) in [6.07, 6.45) is 5.37. The van der Waals surface area contributed by atoms with E-state index in [0.717, 1.165) is 25.7 Å². The zero-order valence-electron chi connectivity index (χ0n) is 24.9. The molecule has 46 heavy (non-hydrogen) atoms. The van der Waals surface area contributed by atoms with Crippen LogP contribution in [-0.4, -0.2) is 23.9 Å². The summed E-state index contributed by atoms with van der Waals surface area (Å²) in [5, 5.41) is 0. The second-order valence-electron chi connectivity index (χ2n) is 10.3. The largest absolute Gasteiger partial charge is 0.427 e. The number of esters is 4. The Bertz CT molecular complexity index is 1480. The van der Waals surface area contributed by atoms with Crippen LogP contribution >= 0.6 is 0 Å². The lowest BCUT2D eigenvalue weighted by atomic mass is 10.1. The maximum atomic E-state index is 13.0. The van der Waals surface area contributed by atoms with Gasteiger partial charge in [0.2, 0.25) is 0 Å². The van der Waals surface area contributed by atoms with Crippen molar-refractivity contribution in [1.29, 1.82) is 0 Å². The van der Waals surface area contributed by atoms with Gasteiger partial charge in [0.15, 0.2) is 0 Å². The van der Waals surface area contributed by atoms with Crippen LogP contribution in [0.2, 0.25) is 0 Å². The highest BCUT2D eigenvalue weighted by atomic mass is 19.1. The summed E-state index contributed by atoms with van der Waals surface area (Å²) < 4.78 is 47.2. The quantitative estimate of drug-likeness (QED) is 0.0739. The second-order valence-corrected chi connectivity index (χ2v) is 10.3. The van der Waals surface area contributed by atoms with Gasteiger partial charge in [0.1, 0.15) is 34.6 Å². The summed E-state index contributed by atoms with van der Waals surface area (Å²) in [5.74, 6) is -1.68.